The highest BCUT2D eigenvalue weighted by Crippen LogP contribution is 2.33. The van der Waals surface area contributed by atoms with E-state index >= 15 is 0 Å². The van der Waals surface area contributed by atoms with Gasteiger partial charge in [-0.3, -0.25) is 0 Å². The fraction of sp³-hybridized carbons (Fsp3) is 0.462. The third kappa shape index (κ3) is 1.64. The first-order valence-electron chi connectivity index (χ1n) is 5.82. The SMILES string of the molecule is Cc1ccc2nc(C(C)C3CNC3)sc2c1. The van der Waals surface area contributed by atoms with E-state index in [-0.39, 0.29) is 0 Å². The maximum atomic E-state index is 4.75. The fourth-order valence-electron chi connectivity index (χ4n) is 2.11. The van der Waals surface area contributed by atoms with Crippen molar-refractivity contribution in [1.82, 2.24) is 10.3 Å². The molecule has 0 spiro atoms. The molecule has 2 heterocycles. The van der Waals surface area contributed by atoms with Gasteiger partial charge in [-0.2, -0.15) is 0 Å². The lowest BCUT2D eigenvalue weighted by Crippen LogP contribution is -2.44. The largest absolute Gasteiger partial charge is 0.316 e. The van der Waals surface area contributed by atoms with Crippen LogP contribution in [-0.4, -0.2) is 18.1 Å². The number of nitrogens with one attached hydrogen (secondary N) is 1. The summed E-state index contributed by atoms with van der Waals surface area (Å²) >= 11 is 1.86. The molecule has 1 fully saturated rings. The van der Waals surface area contributed by atoms with Gasteiger partial charge in [-0.25, -0.2) is 4.98 Å². The van der Waals surface area contributed by atoms with Crippen molar-refractivity contribution in [3.63, 3.8) is 0 Å². The first-order chi connectivity index (χ1) is 7.74. The van der Waals surface area contributed by atoms with E-state index < -0.39 is 0 Å². The average Bonchev–Trinajstić information content (AvgIpc) is 2.57. The van der Waals surface area contributed by atoms with Gasteiger partial charge in [-0.1, -0.05) is 13.0 Å². The van der Waals surface area contributed by atoms with Crippen LogP contribution >= 0.6 is 11.3 Å². The standard InChI is InChI=1S/C13H16N2S/c1-8-3-4-11-12(5-8)16-13(15-11)9(2)10-6-14-7-10/h3-5,9-10,14H,6-7H2,1-2H3. The normalized spacial score (nSPS) is 18.6. The lowest BCUT2D eigenvalue weighted by atomic mass is 9.89. The van der Waals surface area contributed by atoms with Gasteiger partial charge >= 0.3 is 0 Å². The molecule has 3 heteroatoms. The lowest BCUT2D eigenvalue weighted by molar-refractivity contribution is 0.303. The van der Waals surface area contributed by atoms with E-state index in [1.54, 1.807) is 0 Å². The number of thiazole rings is 1. The summed E-state index contributed by atoms with van der Waals surface area (Å²) in [7, 11) is 0. The van der Waals surface area contributed by atoms with Crippen molar-refractivity contribution >= 4 is 21.6 Å². The Balaban J connectivity index is 1.97. The molecule has 84 valence electrons. The van der Waals surface area contributed by atoms with Gasteiger partial charge in [0.15, 0.2) is 0 Å². The van der Waals surface area contributed by atoms with Crippen LogP contribution in [0.25, 0.3) is 10.2 Å². The van der Waals surface area contributed by atoms with Crippen LogP contribution in [0, 0.1) is 12.8 Å². The van der Waals surface area contributed by atoms with Crippen LogP contribution < -0.4 is 5.32 Å². The summed E-state index contributed by atoms with van der Waals surface area (Å²) in [5, 5.41) is 4.63. The Morgan fingerprint density at radius 3 is 2.94 bits per heavy atom. The highest BCUT2D eigenvalue weighted by Gasteiger charge is 2.26. The molecule has 1 unspecified atom stereocenters. The smallest absolute Gasteiger partial charge is 0.0970 e. The van der Waals surface area contributed by atoms with E-state index in [0.29, 0.717) is 5.92 Å². The zero-order chi connectivity index (χ0) is 11.1. The molecule has 2 aromatic rings. The Bertz CT molecular complexity index is 514. The number of nitrogens with zero attached hydrogens (tertiary/aromatic N) is 1. The second-order valence-corrected chi connectivity index (χ2v) is 5.79. The van der Waals surface area contributed by atoms with Crippen molar-refractivity contribution in [2.45, 2.75) is 19.8 Å². The van der Waals surface area contributed by atoms with Gasteiger partial charge in [0, 0.05) is 5.92 Å². The summed E-state index contributed by atoms with van der Waals surface area (Å²) in [5.41, 5.74) is 2.48. The Morgan fingerprint density at radius 1 is 1.44 bits per heavy atom. The van der Waals surface area contributed by atoms with Crippen LogP contribution in [-0.2, 0) is 0 Å². The maximum absolute atomic E-state index is 4.75. The molecule has 2 nitrogen and oxygen atoms in total. The summed E-state index contributed by atoms with van der Waals surface area (Å²) in [6, 6.07) is 6.51. The molecule has 0 aliphatic carbocycles. The van der Waals surface area contributed by atoms with Crippen LogP contribution in [0.4, 0.5) is 0 Å². The zero-order valence-electron chi connectivity index (χ0n) is 9.66. The van der Waals surface area contributed by atoms with E-state index in [1.165, 1.54) is 15.3 Å². The molecular weight excluding hydrogens is 216 g/mol. The predicted octanol–water partition coefficient (Wildman–Crippen LogP) is 2.93. The van der Waals surface area contributed by atoms with Gasteiger partial charge in [0.2, 0.25) is 0 Å². The van der Waals surface area contributed by atoms with E-state index in [9.17, 15) is 0 Å². The van der Waals surface area contributed by atoms with Gasteiger partial charge in [0.05, 0.1) is 15.2 Å². The molecule has 0 radical (unpaired) electrons. The van der Waals surface area contributed by atoms with Gasteiger partial charge in [-0.05, 0) is 43.6 Å². The van der Waals surface area contributed by atoms with Gasteiger partial charge in [0.25, 0.3) is 0 Å². The topological polar surface area (TPSA) is 24.9 Å². The first-order valence-corrected chi connectivity index (χ1v) is 6.63. The molecule has 0 saturated carbocycles. The minimum Gasteiger partial charge on any atom is -0.316 e. The molecular formula is C13H16N2S. The molecule has 1 aliphatic heterocycles. The summed E-state index contributed by atoms with van der Waals surface area (Å²) < 4.78 is 1.33. The summed E-state index contributed by atoms with van der Waals surface area (Å²) in [5.74, 6) is 1.38. The van der Waals surface area contributed by atoms with Crippen LogP contribution in [0.3, 0.4) is 0 Å². The zero-order valence-corrected chi connectivity index (χ0v) is 10.5. The molecule has 1 aromatic heterocycles. The van der Waals surface area contributed by atoms with Gasteiger partial charge < -0.3 is 5.32 Å². The number of hydrogen-bond donors (Lipinski definition) is 1. The van der Waals surface area contributed by atoms with E-state index in [1.807, 2.05) is 11.3 Å². The maximum Gasteiger partial charge on any atom is 0.0970 e. The minimum atomic E-state index is 0.596. The van der Waals surface area contributed by atoms with Crippen LogP contribution in [0.15, 0.2) is 18.2 Å². The molecule has 0 amide bonds. The number of fused-ring (bicyclic) bond motifs is 1. The quantitative estimate of drug-likeness (QED) is 0.861. The van der Waals surface area contributed by atoms with Crippen LogP contribution in [0.1, 0.15) is 23.4 Å². The van der Waals surface area contributed by atoms with E-state index in [2.05, 4.69) is 37.4 Å². The molecule has 1 N–H and O–H groups in total. The van der Waals surface area contributed by atoms with Crippen molar-refractivity contribution in [1.29, 1.82) is 0 Å². The third-order valence-electron chi connectivity index (χ3n) is 3.47. The number of hydrogen-bond acceptors (Lipinski definition) is 3. The van der Waals surface area contributed by atoms with Gasteiger partial charge in [-0.15, -0.1) is 11.3 Å². The second kappa shape index (κ2) is 3.82. The molecule has 16 heavy (non-hydrogen) atoms. The van der Waals surface area contributed by atoms with Crippen molar-refractivity contribution in [2.75, 3.05) is 13.1 Å². The number of rotatable bonds is 2. The summed E-state index contributed by atoms with van der Waals surface area (Å²) in [6.07, 6.45) is 0. The average molecular weight is 232 g/mol. The second-order valence-electron chi connectivity index (χ2n) is 4.73. The fourth-order valence-corrected chi connectivity index (χ4v) is 3.32. The minimum absolute atomic E-state index is 0.596. The van der Waals surface area contributed by atoms with Crippen molar-refractivity contribution in [3.8, 4) is 0 Å². The molecule has 1 atom stereocenters. The monoisotopic (exact) mass is 232 g/mol. The Labute approximate surface area is 99.7 Å². The Kier molecular flexibility index (Phi) is 2.45. The van der Waals surface area contributed by atoms with Crippen LogP contribution in [0.2, 0.25) is 0 Å². The number of aryl methyl sites for hydroxylation is 1. The van der Waals surface area contributed by atoms with Gasteiger partial charge in [0.1, 0.15) is 0 Å². The highest BCUT2D eigenvalue weighted by atomic mass is 32.1. The first kappa shape index (κ1) is 10.2. The van der Waals surface area contributed by atoms with Crippen molar-refractivity contribution in [3.05, 3.63) is 28.8 Å². The summed E-state index contributed by atoms with van der Waals surface area (Å²) in [4.78, 5) is 4.75. The highest BCUT2D eigenvalue weighted by molar-refractivity contribution is 7.18. The Hall–Kier alpha value is -0.930. The molecule has 1 aromatic carbocycles. The lowest BCUT2D eigenvalue weighted by Gasteiger charge is -2.31. The molecule has 1 aliphatic rings. The van der Waals surface area contributed by atoms with E-state index in [0.717, 1.165) is 24.5 Å². The van der Waals surface area contributed by atoms with Crippen LogP contribution in [0.5, 0.6) is 0 Å². The molecule has 0 bridgehead atoms. The molecule has 3 rings (SSSR count). The number of benzene rings is 1. The predicted molar refractivity (Wildman–Crippen MR) is 69.1 cm³/mol. The summed E-state index contributed by atoms with van der Waals surface area (Å²) in [6.45, 7) is 6.74. The number of aromatic nitrogens is 1. The third-order valence-corrected chi connectivity index (χ3v) is 4.69. The van der Waals surface area contributed by atoms with E-state index in [4.69, 9.17) is 4.98 Å². The van der Waals surface area contributed by atoms with Crippen molar-refractivity contribution < 1.29 is 0 Å². The Morgan fingerprint density at radius 2 is 2.25 bits per heavy atom. The van der Waals surface area contributed by atoms with Crippen molar-refractivity contribution in [2.24, 2.45) is 5.92 Å². The molecule has 1 saturated heterocycles.